The van der Waals surface area contributed by atoms with Gasteiger partial charge in [0.25, 0.3) is 0 Å². The van der Waals surface area contributed by atoms with E-state index in [1.54, 1.807) is 0 Å². The summed E-state index contributed by atoms with van der Waals surface area (Å²) >= 11 is 3.54. The number of benzene rings is 2. The molecule has 0 bridgehead atoms. The molecule has 4 nitrogen and oxygen atoms in total. The van der Waals surface area contributed by atoms with E-state index in [4.69, 9.17) is 4.74 Å². The summed E-state index contributed by atoms with van der Waals surface area (Å²) < 4.78 is 6.50. The van der Waals surface area contributed by atoms with Crippen LogP contribution in [0, 0.1) is 6.92 Å². The third-order valence-corrected chi connectivity index (χ3v) is 6.65. The third-order valence-electron chi connectivity index (χ3n) is 6.16. The Kier molecular flexibility index (Phi) is 7.14. The molecule has 1 heterocycles. The lowest BCUT2D eigenvalue weighted by Crippen LogP contribution is -2.52. The Labute approximate surface area is 183 Å². The second kappa shape index (κ2) is 9.41. The zero-order chi connectivity index (χ0) is 21.0. The summed E-state index contributed by atoms with van der Waals surface area (Å²) in [4.78, 5) is 18.1. The van der Waals surface area contributed by atoms with Crippen LogP contribution in [0.2, 0.25) is 0 Å². The molecule has 0 aromatic heterocycles. The number of hydrogen-bond donors (Lipinski definition) is 0. The predicted molar refractivity (Wildman–Crippen MR) is 123 cm³/mol. The molecule has 3 rings (SSSR count). The van der Waals surface area contributed by atoms with Gasteiger partial charge < -0.3 is 9.64 Å². The maximum absolute atomic E-state index is 13.7. The number of rotatable bonds is 7. The first-order valence-electron chi connectivity index (χ1n) is 10.3. The van der Waals surface area contributed by atoms with Crippen molar-refractivity contribution in [3.05, 3.63) is 63.6 Å². The maximum Gasteiger partial charge on any atom is 0.183 e. The molecule has 0 N–H and O–H groups in total. The van der Waals surface area contributed by atoms with E-state index >= 15 is 0 Å². The van der Waals surface area contributed by atoms with Crippen LogP contribution in [0.5, 0.6) is 0 Å². The van der Waals surface area contributed by atoms with Crippen LogP contribution in [0.15, 0.2) is 46.9 Å². The first-order chi connectivity index (χ1) is 13.9. The molecule has 0 aliphatic carbocycles. The summed E-state index contributed by atoms with van der Waals surface area (Å²) in [6.07, 6.45) is 1.44. The summed E-state index contributed by atoms with van der Waals surface area (Å²) in [5.41, 5.74) is 3.77. The number of carbonyl (C=O) groups excluding carboxylic acids is 1. The Bertz CT molecular complexity index is 844. The van der Waals surface area contributed by atoms with Gasteiger partial charge in [0.15, 0.2) is 5.78 Å². The second-order valence-electron chi connectivity index (χ2n) is 8.00. The van der Waals surface area contributed by atoms with Crippen LogP contribution >= 0.6 is 15.9 Å². The minimum atomic E-state index is -0.570. The molecule has 1 aliphatic rings. The van der Waals surface area contributed by atoms with Gasteiger partial charge in [-0.15, -0.1) is 0 Å². The van der Waals surface area contributed by atoms with Crippen molar-refractivity contribution in [2.24, 2.45) is 0 Å². The molecule has 1 fully saturated rings. The number of aryl methyl sites for hydroxylation is 1. The maximum atomic E-state index is 13.7. The van der Waals surface area contributed by atoms with Crippen LogP contribution in [0.3, 0.4) is 0 Å². The van der Waals surface area contributed by atoms with Crippen LogP contribution in [-0.4, -0.2) is 56.6 Å². The number of nitrogens with zero attached hydrogens (tertiary/aromatic N) is 2. The van der Waals surface area contributed by atoms with Gasteiger partial charge in [0, 0.05) is 28.8 Å². The van der Waals surface area contributed by atoms with Crippen LogP contribution in [0.25, 0.3) is 0 Å². The largest absolute Gasteiger partial charge is 0.378 e. The minimum absolute atomic E-state index is 0.181. The fourth-order valence-corrected chi connectivity index (χ4v) is 4.61. The van der Waals surface area contributed by atoms with E-state index in [0.29, 0.717) is 6.42 Å². The number of carbonyl (C=O) groups is 1. The van der Waals surface area contributed by atoms with Gasteiger partial charge in [0.1, 0.15) is 0 Å². The lowest BCUT2D eigenvalue weighted by molar-refractivity contribution is 0.0666. The zero-order valence-corrected chi connectivity index (χ0v) is 19.5. The highest BCUT2D eigenvalue weighted by atomic mass is 79.9. The van der Waals surface area contributed by atoms with Gasteiger partial charge in [-0.1, -0.05) is 28.9 Å². The number of hydrogen-bond acceptors (Lipinski definition) is 4. The summed E-state index contributed by atoms with van der Waals surface area (Å²) in [5, 5.41) is 0. The quantitative estimate of drug-likeness (QED) is 0.561. The van der Waals surface area contributed by atoms with Gasteiger partial charge in [-0.25, -0.2) is 0 Å². The van der Waals surface area contributed by atoms with Gasteiger partial charge >= 0.3 is 0 Å². The molecule has 1 unspecified atom stereocenters. The van der Waals surface area contributed by atoms with Crippen molar-refractivity contribution in [3.8, 4) is 0 Å². The number of Topliss-reactive ketones (excluding diaryl/α,β-unsaturated/α-hetero) is 1. The van der Waals surface area contributed by atoms with Crippen LogP contribution in [-0.2, 0) is 11.2 Å². The Morgan fingerprint density at radius 1 is 1.14 bits per heavy atom. The van der Waals surface area contributed by atoms with Crippen LogP contribution in [0.1, 0.15) is 34.8 Å². The minimum Gasteiger partial charge on any atom is -0.378 e. The Morgan fingerprint density at radius 2 is 1.79 bits per heavy atom. The molecule has 29 heavy (non-hydrogen) atoms. The summed E-state index contributed by atoms with van der Waals surface area (Å²) in [6.45, 7) is 7.52. The molecule has 0 radical (unpaired) electrons. The van der Waals surface area contributed by atoms with Crippen molar-refractivity contribution in [3.63, 3.8) is 0 Å². The third kappa shape index (κ3) is 4.73. The van der Waals surface area contributed by atoms with Gasteiger partial charge in [-0.05, 0) is 81.4 Å². The molecule has 0 amide bonds. The number of halogens is 1. The topological polar surface area (TPSA) is 32.8 Å². The van der Waals surface area contributed by atoms with E-state index in [9.17, 15) is 4.79 Å². The normalized spacial score (nSPS) is 16.7. The molecule has 5 heteroatoms. The van der Waals surface area contributed by atoms with E-state index in [2.05, 4.69) is 69.9 Å². The van der Waals surface area contributed by atoms with Gasteiger partial charge in [0.05, 0.1) is 18.8 Å². The lowest BCUT2D eigenvalue weighted by atomic mass is 9.79. The van der Waals surface area contributed by atoms with E-state index in [1.807, 2.05) is 26.2 Å². The average Bonchev–Trinajstić information content (AvgIpc) is 2.73. The second-order valence-corrected chi connectivity index (χ2v) is 8.92. The van der Waals surface area contributed by atoms with Crippen molar-refractivity contribution >= 4 is 27.4 Å². The van der Waals surface area contributed by atoms with Gasteiger partial charge in [-0.3, -0.25) is 9.69 Å². The van der Waals surface area contributed by atoms with E-state index in [0.717, 1.165) is 48.4 Å². The van der Waals surface area contributed by atoms with E-state index in [-0.39, 0.29) is 5.78 Å². The highest BCUT2D eigenvalue weighted by Crippen LogP contribution is 2.30. The fraction of sp³-hybridized carbons (Fsp3) is 0.458. The average molecular weight is 459 g/mol. The molecule has 1 atom stereocenters. The van der Waals surface area contributed by atoms with Gasteiger partial charge in [-0.2, -0.15) is 0 Å². The first kappa shape index (κ1) is 22.0. The molecule has 1 aliphatic heterocycles. The lowest BCUT2D eigenvalue weighted by Gasteiger charge is -2.38. The highest BCUT2D eigenvalue weighted by molar-refractivity contribution is 9.10. The van der Waals surface area contributed by atoms with Gasteiger partial charge in [0.2, 0.25) is 0 Å². The molecule has 0 saturated carbocycles. The van der Waals surface area contributed by atoms with Crippen molar-refractivity contribution in [2.75, 3.05) is 45.3 Å². The van der Waals surface area contributed by atoms with E-state index < -0.39 is 5.54 Å². The van der Waals surface area contributed by atoms with Crippen molar-refractivity contribution < 1.29 is 9.53 Å². The smallest absolute Gasteiger partial charge is 0.183 e. The first-order valence-corrected chi connectivity index (χ1v) is 11.1. The van der Waals surface area contributed by atoms with Crippen LogP contribution in [0.4, 0.5) is 5.69 Å². The number of ketones is 1. The molecule has 1 saturated heterocycles. The molecular formula is C24H31BrN2O2. The highest BCUT2D eigenvalue weighted by Gasteiger charge is 2.39. The number of ether oxygens (including phenoxy) is 1. The summed E-state index contributed by atoms with van der Waals surface area (Å²) in [5.74, 6) is 0.181. The SMILES string of the molecule is CCC(Cc1ccc(Br)cc1C)(C(=O)c1ccc(N2CCOCC2)cc1)N(C)C. The number of morpholine rings is 1. The molecule has 156 valence electrons. The molecule has 0 spiro atoms. The van der Waals surface area contributed by atoms with E-state index in [1.165, 1.54) is 11.1 Å². The van der Waals surface area contributed by atoms with Crippen LogP contribution < -0.4 is 4.90 Å². The molecule has 2 aromatic rings. The van der Waals surface area contributed by atoms with Crippen molar-refractivity contribution in [1.29, 1.82) is 0 Å². The number of anilines is 1. The fourth-order valence-electron chi connectivity index (χ4n) is 4.13. The Balaban J connectivity index is 1.88. The monoisotopic (exact) mass is 458 g/mol. The number of likely N-dealkylation sites (N-methyl/N-ethyl adjacent to an activating group) is 1. The van der Waals surface area contributed by atoms with Crippen molar-refractivity contribution in [1.82, 2.24) is 4.90 Å². The predicted octanol–water partition coefficient (Wildman–Crippen LogP) is 4.73. The summed E-state index contributed by atoms with van der Waals surface area (Å²) in [7, 11) is 4.02. The molecular weight excluding hydrogens is 428 g/mol. The zero-order valence-electron chi connectivity index (χ0n) is 17.9. The standard InChI is InChI=1S/C24H31BrN2O2/c1-5-24(26(3)4,17-20-6-9-21(25)16-18(20)2)23(28)19-7-10-22(11-8-19)27-12-14-29-15-13-27/h6-11,16H,5,12-15,17H2,1-4H3. The van der Waals surface area contributed by atoms with Crippen molar-refractivity contribution in [2.45, 2.75) is 32.2 Å². The Morgan fingerprint density at radius 3 is 2.34 bits per heavy atom. The molecule has 2 aromatic carbocycles. The Hall–Kier alpha value is -1.69. The summed E-state index contributed by atoms with van der Waals surface area (Å²) in [6, 6.07) is 14.4.